The fourth-order valence-electron chi connectivity index (χ4n) is 2.34. The Hall–Kier alpha value is -2.24. The summed E-state index contributed by atoms with van der Waals surface area (Å²) in [5.74, 6) is -0.190. The number of hydrogen-bond acceptors (Lipinski definition) is 4. The summed E-state index contributed by atoms with van der Waals surface area (Å²) in [5.41, 5.74) is 0.623. The lowest BCUT2D eigenvalue weighted by molar-refractivity contribution is -0.389. The summed E-state index contributed by atoms with van der Waals surface area (Å²) < 4.78 is 0. The van der Waals surface area contributed by atoms with E-state index in [2.05, 4.69) is 4.98 Å². The minimum absolute atomic E-state index is 0.0322. The Morgan fingerprint density at radius 3 is 2.76 bits per heavy atom. The first-order valence-corrected chi connectivity index (χ1v) is 5.28. The minimum atomic E-state index is -0.554. The molecule has 0 unspecified atom stereocenters. The van der Waals surface area contributed by atoms with Gasteiger partial charge in [-0.15, -0.1) is 0 Å². The van der Waals surface area contributed by atoms with E-state index < -0.39 is 4.92 Å². The van der Waals surface area contributed by atoms with Crippen molar-refractivity contribution in [3.63, 3.8) is 0 Å². The van der Waals surface area contributed by atoms with E-state index in [1.807, 2.05) is 12.2 Å². The third kappa shape index (κ3) is 1.41. The van der Waals surface area contributed by atoms with Crippen molar-refractivity contribution >= 4 is 17.4 Å². The second-order valence-corrected chi connectivity index (χ2v) is 4.13. The molecule has 1 saturated heterocycles. The van der Waals surface area contributed by atoms with Crippen molar-refractivity contribution in [2.75, 3.05) is 4.90 Å². The summed E-state index contributed by atoms with van der Waals surface area (Å²) in [6.07, 6.45) is 6.09. The SMILES string of the molecule is O=C1[C@H]2C=C[C@H](C2)N1c1ccc([N+](=O)[O-])nc1. The first-order valence-electron chi connectivity index (χ1n) is 5.28. The van der Waals surface area contributed by atoms with Gasteiger partial charge >= 0.3 is 5.82 Å². The highest BCUT2D eigenvalue weighted by atomic mass is 16.6. The van der Waals surface area contributed by atoms with Crippen LogP contribution in [0.2, 0.25) is 0 Å². The van der Waals surface area contributed by atoms with E-state index in [0.717, 1.165) is 6.42 Å². The molecule has 2 atom stereocenters. The van der Waals surface area contributed by atoms with E-state index in [1.165, 1.54) is 12.3 Å². The summed E-state index contributed by atoms with van der Waals surface area (Å²) in [5, 5.41) is 10.5. The van der Waals surface area contributed by atoms with E-state index in [-0.39, 0.29) is 23.7 Å². The standard InChI is InChI=1S/C11H9N3O3/c15-11-7-1-2-8(5-7)13(11)9-3-4-10(12-6-9)14(16)17/h1-4,6-8H,5H2/t7-,8+/m0/s1. The van der Waals surface area contributed by atoms with Crippen LogP contribution >= 0.6 is 0 Å². The number of nitrogens with zero attached hydrogens (tertiary/aromatic N) is 3. The summed E-state index contributed by atoms with van der Waals surface area (Å²) in [7, 11) is 0. The fourth-order valence-corrected chi connectivity index (χ4v) is 2.34. The molecule has 0 radical (unpaired) electrons. The van der Waals surface area contributed by atoms with E-state index >= 15 is 0 Å². The van der Waals surface area contributed by atoms with Gasteiger partial charge in [0.25, 0.3) is 0 Å². The average molecular weight is 231 g/mol. The Labute approximate surface area is 96.7 Å². The van der Waals surface area contributed by atoms with Crippen LogP contribution in [0.5, 0.6) is 0 Å². The fraction of sp³-hybridized carbons (Fsp3) is 0.273. The highest BCUT2D eigenvalue weighted by Gasteiger charge is 2.42. The highest BCUT2D eigenvalue weighted by molar-refractivity contribution is 6.00. The van der Waals surface area contributed by atoms with Crippen molar-refractivity contribution in [2.45, 2.75) is 12.5 Å². The van der Waals surface area contributed by atoms with E-state index in [0.29, 0.717) is 5.69 Å². The minimum Gasteiger partial charge on any atom is -0.358 e. The number of pyridine rings is 1. The molecule has 1 aliphatic heterocycles. The molecule has 3 rings (SSSR count). The molecule has 86 valence electrons. The lowest BCUT2D eigenvalue weighted by Gasteiger charge is -2.22. The maximum Gasteiger partial charge on any atom is 0.363 e. The van der Waals surface area contributed by atoms with Crippen molar-refractivity contribution in [3.05, 3.63) is 40.6 Å². The number of aromatic nitrogens is 1. The molecule has 2 heterocycles. The van der Waals surface area contributed by atoms with Crippen molar-refractivity contribution in [3.8, 4) is 0 Å². The molecule has 0 N–H and O–H groups in total. The molecule has 17 heavy (non-hydrogen) atoms. The summed E-state index contributed by atoms with van der Waals surface area (Å²) in [6.45, 7) is 0. The van der Waals surface area contributed by atoms with E-state index in [1.54, 1.807) is 11.0 Å². The van der Waals surface area contributed by atoms with Gasteiger partial charge in [0.1, 0.15) is 0 Å². The van der Waals surface area contributed by atoms with Crippen molar-refractivity contribution in [1.82, 2.24) is 4.98 Å². The van der Waals surface area contributed by atoms with Crippen LogP contribution in [0.3, 0.4) is 0 Å². The largest absolute Gasteiger partial charge is 0.363 e. The second-order valence-electron chi connectivity index (χ2n) is 4.13. The van der Waals surface area contributed by atoms with Gasteiger partial charge in [0.2, 0.25) is 5.91 Å². The van der Waals surface area contributed by atoms with Gasteiger partial charge in [0.05, 0.1) is 17.6 Å². The molecule has 6 nitrogen and oxygen atoms in total. The Balaban J connectivity index is 1.93. The quantitative estimate of drug-likeness (QED) is 0.436. The van der Waals surface area contributed by atoms with Crippen LogP contribution < -0.4 is 4.90 Å². The second kappa shape index (κ2) is 3.38. The Bertz CT molecular complexity index is 523. The highest BCUT2D eigenvalue weighted by Crippen LogP contribution is 2.36. The molecule has 2 aliphatic rings. The molecule has 1 amide bonds. The van der Waals surface area contributed by atoms with Gasteiger partial charge in [-0.3, -0.25) is 4.79 Å². The van der Waals surface area contributed by atoms with Gasteiger partial charge in [-0.1, -0.05) is 12.2 Å². The molecule has 1 aromatic rings. The van der Waals surface area contributed by atoms with E-state index in [4.69, 9.17) is 0 Å². The molecule has 1 aliphatic carbocycles. The molecule has 0 spiro atoms. The van der Waals surface area contributed by atoms with Crippen molar-refractivity contribution < 1.29 is 9.72 Å². The van der Waals surface area contributed by atoms with Crippen LogP contribution in [0, 0.1) is 16.0 Å². The van der Waals surface area contributed by atoms with Crippen LogP contribution in [0.1, 0.15) is 6.42 Å². The molecule has 1 aromatic heterocycles. The molecule has 0 saturated carbocycles. The maximum absolute atomic E-state index is 11.9. The van der Waals surface area contributed by atoms with Crippen LogP contribution in [-0.2, 0) is 4.79 Å². The molecule has 1 fully saturated rings. The average Bonchev–Trinajstić information content (AvgIpc) is 2.89. The first-order chi connectivity index (χ1) is 8.16. The van der Waals surface area contributed by atoms with Crippen molar-refractivity contribution in [1.29, 1.82) is 0 Å². The van der Waals surface area contributed by atoms with Crippen LogP contribution in [-0.4, -0.2) is 21.9 Å². The summed E-state index contributed by atoms with van der Waals surface area (Å²) >= 11 is 0. The van der Waals surface area contributed by atoms with Gasteiger partial charge in [-0.05, 0) is 22.4 Å². The lowest BCUT2D eigenvalue weighted by Crippen LogP contribution is -2.34. The number of rotatable bonds is 2. The number of amides is 1. The zero-order valence-corrected chi connectivity index (χ0v) is 8.81. The smallest absolute Gasteiger partial charge is 0.358 e. The number of carbonyl (C=O) groups excluding carboxylic acids is 1. The van der Waals surface area contributed by atoms with Gasteiger partial charge < -0.3 is 15.0 Å². The summed E-state index contributed by atoms with van der Waals surface area (Å²) in [4.78, 5) is 27.2. The molecule has 0 aromatic carbocycles. The predicted octanol–water partition coefficient (Wildman–Crippen LogP) is 1.28. The third-order valence-corrected chi connectivity index (χ3v) is 3.14. The molecule has 6 heteroatoms. The normalized spacial score (nSPS) is 25.6. The lowest BCUT2D eigenvalue weighted by atomic mass is 10.1. The number of fused-ring (bicyclic) bond motifs is 2. The van der Waals surface area contributed by atoms with Gasteiger partial charge in [0.15, 0.2) is 6.20 Å². The maximum atomic E-state index is 11.9. The van der Waals surface area contributed by atoms with Crippen LogP contribution in [0.4, 0.5) is 11.5 Å². The number of carbonyl (C=O) groups is 1. The number of hydrogen-bond donors (Lipinski definition) is 0. The molecule has 2 bridgehead atoms. The third-order valence-electron chi connectivity index (χ3n) is 3.14. The summed E-state index contributed by atoms with van der Waals surface area (Å²) in [6, 6.07) is 2.96. The predicted molar refractivity (Wildman–Crippen MR) is 59.4 cm³/mol. The zero-order valence-electron chi connectivity index (χ0n) is 8.81. The topological polar surface area (TPSA) is 76.3 Å². The monoisotopic (exact) mass is 231 g/mol. The molecular weight excluding hydrogens is 222 g/mol. The van der Waals surface area contributed by atoms with Crippen LogP contribution in [0.15, 0.2) is 30.5 Å². The van der Waals surface area contributed by atoms with Gasteiger partial charge in [-0.25, -0.2) is 0 Å². The Morgan fingerprint density at radius 1 is 1.41 bits per heavy atom. The van der Waals surface area contributed by atoms with E-state index in [9.17, 15) is 14.9 Å². The number of anilines is 1. The first kappa shape index (κ1) is 9.95. The molecular formula is C11H9N3O3. The van der Waals surface area contributed by atoms with Crippen molar-refractivity contribution in [2.24, 2.45) is 5.92 Å². The van der Waals surface area contributed by atoms with Crippen LogP contribution in [0.25, 0.3) is 0 Å². The Kier molecular flexibility index (Phi) is 1.98. The van der Waals surface area contributed by atoms with Gasteiger partial charge in [0, 0.05) is 6.07 Å². The zero-order chi connectivity index (χ0) is 12.0. The van der Waals surface area contributed by atoms with Gasteiger partial charge in [-0.2, -0.15) is 0 Å². The Morgan fingerprint density at radius 2 is 2.24 bits per heavy atom. The number of nitro groups is 1.